The molecule has 2 heterocycles. The van der Waals surface area contributed by atoms with Gasteiger partial charge in [-0.25, -0.2) is 4.79 Å². The summed E-state index contributed by atoms with van der Waals surface area (Å²) in [4.78, 5) is 19.3. The molecule has 1 aliphatic rings. The van der Waals surface area contributed by atoms with E-state index in [2.05, 4.69) is 9.98 Å². The fourth-order valence-corrected chi connectivity index (χ4v) is 2.43. The fourth-order valence-electron chi connectivity index (χ4n) is 2.43. The van der Waals surface area contributed by atoms with Gasteiger partial charge in [-0.2, -0.15) is 4.98 Å². The summed E-state index contributed by atoms with van der Waals surface area (Å²) >= 11 is 0. The molecule has 0 spiro atoms. The summed E-state index contributed by atoms with van der Waals surface area (Å²) in [6.07, 6.45) is 1.06. The molecule has 0 aromatic carbocycles. The zero-order valence-electron chi connectivity index (χ0n) is 11.3. The van der Waals surface area contributed by atoms with Crippen molar-refractivity contribution >= 4 is 12.0 Å². The third-order valence-corrected chi connectivity index (χ3v) is 3.51. The average molecular weight is 282 g/mol. The first-order valence-electron chi connectivity index (χ1n) is 6.20. The summed E-state index contributed by atoms with van der Waals surface area (Å²) in [7, 11) is 1.52. The van der Waals surface area contributed by atoms with Gasteiger partial charge >= 0.3 is 5.69 Å². The summed E-state index contributed by atoms with van der Waals surface area (Å²) in [5.41, 5.74) is 3.55. The van der Waals surface area contributed by atoms with Gasteiger partial charge in [-0.05, 0) is 6.07 Å². The number of hydrogen-bond donors (Lipinski definition) is 3. The predicted molar refractivity (Wildman–Crippen MR) is 72.4 cm³/mol. The van der Waals surface area contributed by atoms with Gasteiger partial charge in [-0.1, -0.05) is 6.92 Å². The number of rotatable bonds is 3. The first-order valence-corrected chi connectivity index (χ1v) is 6.20. The van der Waals surface area contributed by atoms with Crippen molar-refractivity contribution in [1.29, 1.82) is 0 Å². The average Bonchev–Trinajstić information content (AvgIpc) is 2.65. The van der Waals surface area contributed by atoms with Crippen LogP contribution in [-0.4, -0.2) is 51.3 Å². The van der Waals surface area contributed by atoms with E-state index in [-0.39, 0.29) is 5.82 Å². The first kappa shape index (κ1) is 14.6. The molecule has 1 saturated heterocycles. The molecule has 8 heteroatoms. The van der Waals surface area contributed by atoms with Crippen LogP contribution in [0.2, 0.25) is 0 Å². The van der Waals surface area contributed by atoms with Gasteiger partial charge in [0.25, 0.3) is 0 Å². The Balaban J connectivity index is 2.42. The SMILES string of the molecule is C/N=C\C1(CO)OC(n2ccc(N)nc2=O)C(C)C1O. The number of nitrogen functional groups attached to an aromatic ring is 1. The lowest BCUT2D eigenvalue weighted by Crippen LogP contribution is -2.46. The minimum absolute atomic E-state index is 0.112. The number of nitrogens with two attached hydrogens (primary N) is 1. The van der Waals surface area contributed by atoms with Crippen LogP contribution in [0.4, 0.5) is 5.82 Å². The topological polar surface area (TPSA) is 123 Å². The molecule has 110 valence electrons. The third-order valence-electron chi connectivity index (χ3n) is 3.51. The summed E-state index contributed by atoms with van der Waals surface area (Å²) in [6, 6.07) is 1.47. The third kappa shape index (κ3) is 2.21. The van der Waals surface area contributed by atoms with Crippen molar-refractivity contribution in [2.24, 2.45) is 10.9 Å². The van der Waals surface area contributed by atoms with Gasteiger partial charge in [0.15, 0.2) is 5.60 Å². The maximum atomic E-state index is 11.9. The molecule has 2 rings (SSSR count). The van der Waals surface area contributed by atoms with Gasteiger partial charge in [-0.15, -0.1) is 0 Å². The Morgan fingerprint density at radius 2 is 2.40 bits per heavy atom. The van der Waals surface area contributed by atoms with Crippen LogP contribution in [0.15, 0.2) is 22.1 Å². The van der Waals surface area contributed by atoms with Crippen molar-refractivity contribution in [3.05, 3.63) is 22.7 Å². The normalized spacial score (nSPS) is 33.9. The van der Waals surface area contributed by atoms with E-state index in [0.717, 1.165) is 0 Å². The number of aliphatic hydroxyl groups excluding tert-OH is 2. The van der Waals surface area contributed by atoms with E-state index < -0.39 is 36.1 Å². The molecular formula is C12H18N4O4. The molecular weight excluding hydrogens is 264 g/mol. The van der Waals surface area contributed by atoms with Gasteiger partial charge in [-0.3, -0.25) is 9.56 Å². The summed E-state index contributed by atoms with van der Waals surface area (Å²) in [5.74, 6) is -0.315. The fraction of sp³-hybridized carbons (Fsp3) is 0.583. The maximum absolute atomic E-state index is 11.9. The van der Waals surface area contributed by atoms with Gasteiger partial charge in [0.05, 0.1) is 12.7 Å². The Hall–Kier alpha value is -1.77. The molecule has 1 aromatic heterocycles. The summed E-state index contributed by atoms with van der Waals surface area (Å²) in [6.45, 7) is 1.28. The van der Waals surface area contributed by atoms with Crippen LogP contribution in [-0.2, 0) is 4.74 Å². The molecule has 0 bridgehead atoms. The molecule has 8 nitrogen and oxygen atoms in total. The second-order valence-corrected chi connectivity index (χ2v) is 4.85. The minimum Gasteiger partial charge on any atom is -0.393 e. The van der Waals surface area contributed by atoms with E-state index in [1.165, 1.54) is 30.1 Å². The molecule has 0 saturated carbocycles. The molecule has 1 fully saturated rings. The zero-order chi connectivity index (χ0) is 14.9. The Kier molecular flexibility index (Phi) is 3.89. The van der Waals surface area contributed by atoms with E-state index in [1.54, 1.807) is 6.92 Å². The number of aliphatic imine (C=N–C) groups is 1. The molecule has 20 heavy (non-hydrogen) atoms. The Bertz CT molecular complexity index is 573. The molecule has 0 radical (unpaired) electrons. The van der Waals surface area contributed by atoms with Gasteiger partial charge in [0.2, 0.25) is 0 Å². The highest BCUT2D eigenvalue weighted by Gasteiger charge is 2.52. The number of ether oxygens (including phenoxy) is 1. The number of anilines is 1. The monoisotopic (exact) mass is 282 g/mol. The van der Waals surface area contributed by atoms with Gasteiger partial charge < -0.3 is 20.7 Å². The molecule has 4 N–H and O–H groups in total. The van der Waals surface area contributed by atoms with E-state index in [0.29, 0.717) is 0 Å². The summed E-state index contributed by atoms with van der Waals surface area (Å²) < 4.78 is 6.94. The first-order chi connectivity index (χ1) is 9.45. The van der Waals surface area contributed by atoms with Gasteiger partial charge in [0.1, 0.15) is 12.0 Å². The van der Waals surface area contributed by atoms with Crippen LogP contribution < -0.4 is 11.4 Å². The van der Waals surface area contributed by atoms with Crippen LogP contribution in [0.25, 0.3) is 0 Å². The standard InChI is InChI=1S/C12H18N4O4/c1-7-9(18)12(6-17,5-14-2)20-10(7)16-4-3-8(13)15-11(16)19/h3-5,7,9-10,17-18H,6H2,1-2H3,(H2,13,15,19)/b14-5-. The minimum atomic E-state index is -1.32. The van der Waals surface area contributed by atoms with Crippen LogP contribution in [0, 0.1) is 5.92 Å². The smallest absolute Gasteiger partial charge is 0.351 e. The van der Waals surface area contributed by atoms with Crippen molar-refractivity contribution in [2.75, 3.05) is 19.4 Å². The molecule has 1 aliphatic heterocycles. The highest BCUT2D eigenvalue weighted by Crippen LogP contribution is 2.39. The van der Waals surface area contributed by atoms with Gasteiger partial charge in [0, 0.05) is 25.4 Å². The lowest BCUT2D eigenvalue weighted by atomic mass is 9.92. The lowest BCUT2D eigenvalue weighted by Gasteiger charge is -2.25. The Morgan fingerprint density at radius 1 is 1.70 bits per heavy atom. The van der Waals surface area contributed by atoms with Crippen molar-refractivity contribution < 1.29 is 14.9 Å². The Labute approximate surface area is 115 Å². The predicted octanol–water partition coefficient (Wildman–Crippen LogP) is -1.22. The van der Waals surface area contributed by atoms with E-state index in [1.807, 2.05) is 0 Å². The second-order valence-electron chi connectivity index (χ2n) is 4.85. The lowest BCUT2D eigenvalue weighted by molar-refractivity contribution is -0.0823. The van der Waals surface area contributed by atoms with E-state index in [9.17, 15) is 15.0 Å². The zero-order valence-corrected chi connectivity index (χ0v) is 11.3. The maximum Gasteiger partial charge on any atom is 0.351 e. The van der Waals surface area contributed by atoms with Crippen LogP contribution in [0.5, 0.6) is 0 Å². The van der Waals surface area contributed by atoms with Crippen molar-refractivity contribution in [1.82, 2.24) is 9.55 Å². The van der Waals surface area contributed by atoms with Crippen LogP contribution in [0.1, 0.15) is 13.2 Å². The van der Waals surface area contributed by atoms with Crippen LogP contribution in [0.3, 0.4) is 0 Å². The molecule has 4 atom stereocenters. The van der Waals surface area contributed by atoms with Crippen LogP contribution >= 0.6 is 0 Å². The largest absolute Gasteiger partial charge is 0.393 e. The molecule has 0 aliphatic carbocycles. The second kappa shape index (κ2) is 5.31. The number of nitrogens with zero attached hydrogens (tertiary/aromatic N) is 3. The molecule has 4 unspecified atom stereocenters. The Morgan fingerprint density at radius 3 is 2.95 bits per heavy atom. The number of hydrogen-bond acceptors (Lipinski definition) is 7. The number of aromatic nitrogens is 2. The van der Waals surface area contributed by atoms with E-state index >= 15 is 0 Å². The summed E-state index contributed by atoms with van der Waals surface area (Å²) in [5, 5.41) is 19.8. The number of aliphatic hydroxyl groups is 2. The highest BCUT2D eigenvalue weighted by atomic mass is 16.6. The highest BCUT2D eigenvalue weighted by molar-refractivity contribution is 5.70. The van der Waals surface area contributed by atoms with Crippen molar-refractivity contribution in [2.45, 2.75) is 24.9 Å². The van der Waals surface area contributed by atoms with E-state index in [4.69, 9.17) is 10.5 Å². The molecule has 0 amide bonds. The van der Waals surface area contributed by atoms with Crippen molar-refractivity contribution in [3.63, 3.8) is 0 Å². The van der Waals surface area contributed by atoms with Crippen molar-refractivity contribution in [3.8, 4) is 0 Å². The quantitative estimate of drug-likeness (QED) is 0.597. The molecule has 1 aromatic rings.